The Labute approximate surface area is 116 Å². The molecule has 5 nitrogen and oxygen atoms in total. The Morgan fingerprint density at radius 1 is 1.25 bits per heavy atom. The lowest BCUT2D eigenvalue weighted by molar-refractivity contribution is -0.115. The number of nitrogens with one attached hydrogen (secondary N) is 2. The summed E-state index contributed by atoms with van der Waals surface area (Å²) in [5, 5.41) is 6.75. The lowest BCUT2D eigenvalue weighted by atomic mass is 10.2. The summed E-state index contributed by atoms with van der Waals surface area (Å²) >= 11 is 0. The molecule has 1 amide bonds. The van der Waals surface area contributed by atoms with Gasteiger partial charge in [0, 0.05) is 17.1 Å². The molecule has 0 aliphatic heterocycles. The summed E-state index contributed by atoms with van der Waals surface area (Å²) in [6.07, 6.45) is 2.54. The maximum Gasteiger partial charge on any atom is 0.336 e. The van der Waals surface area contributed by atoms with E-state index in [0.717, 1.165) is 17.8 Å². The fourth-order valence-corrected chi connectivity index (χ4v) is 2.07. The van der Waals surface area contributed by atoms with Crippen molar-refractivity contribution >= 4 is 22.6 Å². The summed E-state index contributed by atoms with van der Waals surface area (Å²) in [7, 11) is 0. The number of hydrogen-bond donors (Lipinski definition) is 2. The van der Waals surface area contributed by atoms with Crippen LogP contribution in [0.2, 0.25) is 0 Å². The zero-order chi connectivity index (χ0) is 13.9. The maximum atomic E-state index is 11.8. The molecule has 1 fully saturated rings. The van der Waals surface area contributed by atoms with Gasteiger partial charge in [0.05, 0.1) is 6.54 Å². The van der Waals surface area contributed by atoms with Crippen LogP contribution in [0.1, 0.15) is 12.8 Å². The third-order valence-electron chi connectivity index (χ3n) is 3.32. The van der Waals surface area contributed by atoms with Gasteiger partial charge in [0.25, 0.3) is 0 Å². The summed E-state index contributed by atoms with van der Waals surface area (Å²) in [5.41, 5.74) is 0.838. The molecule has 1 aromatic carbocycles. The highest BCUT2D eigenvalue weighted by molar-refractivity contribution is 5.94. The van der Waals surface area contributed by atoms with Crippen molar-refractivity contribution in [1.82, 2.24) is 5.32 Å². The number of fused-ring (bicyclic) bond motifs is 1. The van der Waals surface area contributed by atoms with E-state index in [2.05, 4.69) is 10.6 Å². The molecule has 1 aromatic heterocycles. The summed E-state index contributed by atoms with van der Waals surface area (Å²) in [4.78, 5) is 22.8. The van der Waals surface area contributed by atoms with Gasteiger partial charge in [-0.3, -0.25) is 4.79 Å². The lowest BCUT2D eigenvalue weighted by Crippen LogP contribution is -2.29. The minimum atomic E-state index is -0.376. The van der Waals surface area contributed by atoms with Crippen LogP contribution in [0.15, 0.2) is 39.5 Å². The quantitative estimate of drug-likeness (QED) is 0.813. The highest BCUT2D eigenvalue weighted by Crippen LogP contribution is 2.27. The molecule has 2 aromatic rings. The molecule has 1 heterocycles. The molecule has 3 rings (SSSR count). The lowest BCUT2D eigenvalue weighted by Gasteiger charge is -2.07. The largest absolute Gasteiger partial charge is 0.423 e. The van der Waals surface area contributed by atoms with Crippen molar-refractivity contribution in [3.63, 3.8) is 0 Å². The molecule has 0 unspecified atom stereocenters. The molecule has 1 saturated carbocycles. The van der Waals surface area contributed by atoms with Crippen LogP contribution >= 0.6 is 0 Å². The molecule has 0 atom stereocenters. The van der Waals surface area contributed by atoms with Crippen molar-refractivity contribution in [3.8, 4) is 0 Å². The van der Waals surface area contributed by atoms with Gasteiger partial charge in [-0.05, 0) is 49.6 Å². The number of carbonyl (C=O) groups is 1. The molecule has 1 aliphatic carbocycles. The first-order valence-corrected chi connectivity index (χ1v) is 6.75. The summed E-state index contributed by atoms with van der Waals surface area (Å²) < 4.78 is 5.04. The van der Waals surface area contributed by atoms with Crippen LogP contribution in [0.5, 0.6) is 0 Å². The van der Waals surface area contributed by atoms with Crippen molar-refractivity contribution in [1.29, 1.82) is 0 Å². The zero-order valence-corrected chi connectivity index (χ0v) is 11.0. The van der Waals surface area contributed by atoms with Crippen LogP contribution in [-0.4, -0.2) is 19.0 Å². The number of anilines is 1. The highest BCUT2D eigenvalue weighted by Gasteiger charge is 2.20. The van der Waals surface area contributed by atoms with Gasteiger partial charge in [-0.2, -0.15) is 0 Å². The molecule has 1 aliphatic rings. The second-order valence-electron chi connectivity index (χ2n) is 5.13. The van der Waals surface area contributed by atoms with E-state index in [1.54, 1.807) is 24.3 Å². The van der Waals surface area contributed by atoms with Gasteiger partial charge in [-0.1, -0.05) is 0 Å². The van der Waals surface area contributed by atoms with Crippen LogP contribution in [0.3, 0.4) is 0 Å². The van der Waals surface area contributed by atoms with E-state index in [1.807, 2.05) is 0 Å². The number of amides is 1. The fourth-order valence-electron chi connectivity index (χ4n) is 2.07. The molecule has 20 heavy (non-hydrogen) atoms. The molecule has 5 heteroatoms. The Morgan fingerprint density at radius 2 is 2.10 bits per heavy atom. The predicted molar refractivity (Wildman–Crippen MR) is 76.7 cm³/mol. The van der Waals surface area contributed by atoms with Crippen molar-refractivity contribution < 1.29 is 9.21 Å². The van der Waals surface area contributed by atoms with Crippen LogP contribution in [0, 0.1) is 5.92 Å². The highest BCUT2D eigenvalue weighted by atomic mass is 16.4. The van der Waals surface area contributed by atoms with Gasteiger partial charge >= 0.3 is 5.63 Å². The summed E-state index contributed by atoms with van der Waals surface area (Å²) in [5.74, 6) is 0.689. The van der Waals surface area contributed by atoms with Crippen LogP contribution in [0.4, 0.5) is 5.69 Å². The first-order chi connectivity index (χ1) is 9.70. The average Bonchev–Trinajstić information content (AvgIpc) is 3.23. The third-order valence-corrected chi connectivity index (χ3v) is 3.32. The van der Waals surface area contributed by atoms with Gasteiger partial charge in [0.1, 0.15) is 5.58 Å². The number of carbonyl (C=O) groups excluding carboxylic acids is 1. The molecular formula is C15H16N2O3. The van der Waals surface area contributed by atoms with Crippen LogP contribution < -0.4 is 16.3 Å². The SMILES string of the molecule is O=C(CNCC1CC1)Nc1ccc2oc(=O)ccc2c1. The Kier molecular flexibility index (Phi) is 3.52. The van der Waals surface area contributed by atoms with E-state index in [9.17, 15) is 9.59 Å². The molecule has 0 saturated heterocycles. The van der Waals surface area contributed by atoms with Crippen LogP contribution in [-0.2, 0) is 4.79 Å². The Bertz CT molecular complexity index is 689. The van der Waals surface area contributed by atoms with Crippen LogP contribution in [0.25, 0.3) is 11.0 Å². The molecule has 2 N–H and O–H groups in total. The predicted octanol–water partition coefficient (Wildman–Crippen LogP) is 1.73. The monoisotopic (exact) mass is 272 g/mol. The minimum absolute atomic E-state index is 0.0672. The van der Waals surface area contributed by atoms with E-state index in [4.69, 9.17) is 4.42 Å². The number of hydrogen-bond acceptors (Lipinski definition) is 4. The summed E-state index contributed by atoms with van der Waals surface area (Å²) in [6.45, 7) is 1.23. The molecule has 0 radical (unpaired) electrons. The fraction of sp³-hybridized carbons (Fsp3) is 0.333. The maximum absolute atomic E-state index is 11.8. The van der Waals surface area contributed by atoms with Crippen molar-refractivity contribution in [2.45, 2.75) is 12.8 Å². The molecule has 0 bridgehead atoms. The summed E-state index contributed by atoms with van der Waals surface area (Å²) in [6, 6.07) is 8.25. The number of benzene rings is 1. The van der Waals surface area contributed by atoms with Crippen molar-refractivity contribution in [3.05, 3.63) is 40.8 Å². The third kappa shape index (κ3) is 3.24. The van der Waals surface area contributed by atoms with Gasteiger partial charge in [0.2, 0.25) is 5.91 Å². The second-order valence-corrected chi connectivity index (χ2v) is 5.13. The van der Waals surface area contributed by atoms with E-state index < -0.39 is 0 Å². The van der Waals surface area contributed by atoms with Gasteiger partial charge in [0.15, 0.2) is 0 Å². The average molecular weight is 272 g/mol. The van der Waals surface area contributed by atoms with Gasteiger partial charge in [-0.25, -0.2) is 4.79 Å². The van der Waals surface area contributed by atoms with Gasteiger partial charge in [-0.15, -0.1) is 0 Å². The normalized spacial score (nSPS) is 14.4. The van der Waals surface area contributed by atoms with E-state index in [1.165, 1.54) is 18.9 Å². The minimum Gasteiger partial charge on any atom is -0.423 e. The Hall–Kier alpha value is -2.14. The zero-order valence-electron chi connectivity index (χ0n) is 11.0. The first kappa shape index (κ1) is 12.9. The van der Waals surface area contributed by atoms with E-state index in [0.29, 0.717) is 17.8 Å². The van der Waals surface area contributed by atoms with E-state index >= 15 is 0 Å². The van der Waals surface area contributed by atoms with Crippen molar-refractivity contribution in [2.75, 3.05) is 18.4 Å². The Morgan fingerprint density at radius 3 is 2.90 bits per heavy atom. The van der Waals surface area contributed by atoms with E-state index in [-0.39, 0.29) is 11.5 Å². The smallest absolute Gasteiger partial charge is 0.336 e. The van der Waals surface area contributed by atoms with Crippen molar-refractivity contribution in [2.24, 2.45) is 5.92 Å². The first-order valence-electron chi connectivity index (χ1n) is 6.75. The van der Waals surface area contributed by atoms with Gasteiger partial charge < -0.3 is 15.1 Å². The molecule has 0 spiro atoms. The topological polar surface area (TPSA) is 71.3 Å². The molecular weight excluding hydrogens is 256 g/mol. The Balaban J connectivity index is 1.62. The second kappa shape index (κ2) is 5.46. The standard InChI is InChI=1S/C15H16N2O3/c18-14(9-16-8-10-1-2-10)17-12-4-5-13-11(7-12)3-6-15(19)20-13/h3-7,10,16H,1-2,8-9H2,(H,17,18). The number of rotatable bonds is 5. The molecule has 104 valence electrons.